The lowest BCUT2D eigenvalue weighted by Gasteiger charge is -2.39. The molecule has 1 fully saturated rings. The van der Waals surface area contributed by atoms with Crippen LogP contribution in [0.3, 0.4) is 0 Å². The van der Waals surface area contributed by atoms with Crippen molar-refractivity contribution in [2.45, 2.75) is 38.4 Å². The fourth-order valence-electron chi connectivity index (χ4n) is 3.55. The van der Waals surface area contributed by atoms with E-state index >= 15 is 0 Å². The lowest BCUT2D eigenvalue weighted by atomic mass is 9.76. The van der Waals surface area contributed by atoms with Gasteiger partial charge in [0.2, 0.25) is 0 Å². The second-order valence-corrected chi connectivity index (χ2v) is 6.21. The van der Waals surface area contributed by atoms with Gasteiger partial charge in [0.25, 0.3) is 0 Å². The number of carboxylic acids is 1. The topological polar surface area (TPSA) is 46.5 Å². The van der Waals surface area contributed by atoms with Gasteiger partial charge in [0.1, 0.15) is 11.0 Å². The summed E-state index contributed by atoms with van der Waals surface area (Å²) in [5.74, 6) is -0.753. The summed E-state index contributed by atoms with van der Waals surface area (Å²) in [7, 11) is 0. The predicted molar refractivity (Wildman–Crippen MR) is 88.9 cm³/mol. The summed E-state index contributed by atoms with van der Waals surface area (Å²) in [5, 5.41) is 9.85. The second kappa shape index (κ2) is 6.17. The maximum atomic E-state index is 12.0. The van der Waals surface area contributed by atoms with E-state index in [1.807, 2.05) is 67.6 Å². The molecule has 0 amide bonds. The smallest absolute Gasteiger partial charge is 0.312 e. The van der Waals surface area contributed by atoms with Crippen molar-refractivity contribution >= 4 is 5.97 Å². The first kappa shape index (κ1) is 15.8. The van der Waals surface area contributed by atoms with Crippen molar-refractivity contribution in [3.8, 4) is 0 Å². The van der Waals surface area contributed by atoms with Gasteiger partial charge >= 0.3 is 5.97 Å². The summed E-state index contributed by atoms with van der Waals surface area (Å²) in [6.07, 6.45) is 1.97. The van der Waals surface area contributed by atoms with Crippen LogP contribution >= 0.6 is 0 Å². The predicted octanol–water partition coefficient (Wildman–Crippen LogP) is 4.37. The van der Waals surface area contributed by atoms with Crippen molar-refractivity contribution in [1.82, 2.24) is 0 Å². The number of ether oxygens (including phenoxy) is 1. The molecule has 0 bridgehead atoms. The summed E-state index contributed by atoms with van der Waals surface area (Å²) >= 11 is 0. The Kier molecular flexibility index (Phi) is 4.22. The average Bonchev–Trinajstić information content (AvgIpc) is 3.40. The second-order valence-electron chi connectivity index (χ2n) is 6.21. The summed E-state index contributed by atoms with van der Waals surface area (Å²) in [6.45, 7) is 2.43. The van der Waals surface area contributed by atoms with E-state index in [2.05, 4.69) is 0 Å². The number of aliphatic carboxylic acids is 1. The van der Waals surface area contributed by atoms with Gasteiger partial charge in [0, 0.05) is 0 Å². The first-order valence-corrected chi connectivity index (χ1v) is 8.11. The molecule has 2 aromatic rings. The van der Waals surface area contributed by atoms with Crippen molar-refractivity contribution in [3.05, 3.63) is 71.8 Å². The molecule has 2 aromatic carbocycles. The van der Waals surface area contributed by atoms with Crippen LogP contribution in [-0.4, -0.2) is 11.1 Å². The molecule has 23 heavy (non-hydrogen) atoms. The third-order valence-electron chi connectivity index (χ3n) is 5.00. The van der Waals surface area contributed by atoms with Crippen molar-refractivity contribution in [3.63, 3.8) is 0 Å². The Bertz CT molecular complexity index is 662. The van der Waals surface area contributed by atoms with Crippen LogP contribution in [0.4, 0.5) is 0 Å². The van der Waals surface area contributed by atoms with Crippen LogP contribution in [0.5, 0.6) is 0 Å². The molecule has 0 heterocycles. The normalized spacial score (nSPS) is 18.1. The van der Waals surface area contributed by atoms with E-state index in [0.29, 0.717) is 25.9 Å². The van der Waals surface area contributed by atoms with Gasteiger partial charge in [-0.3, -0.25) is 4.79 Å². The Morgan fingerprint density at radius 3 is 2.13 bits per heavy atom. The number of carboxylic acid groups (broad SMARTS) is 1. The van der Waals surface area contributed by atoms with E-state index in [4.69, 9.17) is 4.74 Å². The number of rotatable bonds is 7. The molecule has 3 heteroatoms. The van der Waals surface area contributed by atoms with Crippen LogP contribution in [0.2, 0.25) is 0 Å². The van der Waals surface area contributed by atoms with Crippen LogP contribution in [0.1, 0.15) is 37.3 Å². The number of hydrogen-bond donors (Lipinski definition) is 1. The van der Waals surface area contributed by atoms with E-state index in [9.17, 15) is 9.90 Å². The molecule has 3 rings (SSSR count). The minimum Gasteiger partial charge on any atom is -0.481 e. The highest BCUT2D eigenvalue weighted by atomic mass is 16.5. The lowest BCUT2D eigenvalue weighted by Crippen LogP contribution is -2.43. The Morgan fingerprint density at radius 2 is 1.65 bits per heavy atom. The standard InChI is InChI=1S/C20H22O3/c1-2-20(17-11-7-4-8-12-17,19(13-14-19)18(21)22)23-15-16-9-5-3-6-10-16/h3-12H,2,13-15H2,1H3,(H,21,22). The van der Waals surface area contributed by atoms with Crippen molar-refractivity contribution in [1.29, 1.82) is 0 Å². The fraction of sp³-hybridized carbons (Fsp3) is 0.350. The van der Waals surface area contributed by atoms with E-state index in [1.165, 1.54) is 0 Å². The molecule has 1 atom stereocenters. The Morgan fingerprint density at radius 1 is 1.09 bits per heavy atom. The molecule has 1 saturated carbocycles. The van der Waals surface area contributed by atoms with Gasteiger partial charge in [-0.25, -0.2) is 0 Å². The first-order valence-electron chi connectivity index (χ1n) is 8.11. The SMILES string of the molecule is CCC(OCc1ccccc1)(c1ccccc1)C1(C(=O)O)CC1. The van der Waals surface area contributed by atoms with Crippen molar-refractivity contribution in [2.24, 2.45) is 5.41 Å². The van der Waals surface area contributed by atoms with Crippen molar-refractivity contribution in [2.75, 3.05) is 0 Å². The monoisotopic (exact) mass is 310 g/mol. The third kappa shape index (κ3) is 2.66. The Hall–Kier alpha value is -2.13. The molecule has 1 unspecified atom stereocenters. The zero-order valence-electron chi connectivity index (χ0n) is 13.4. The Balaban J connectivity index is 1.98. The summed E-state index contributed by atoms with van der Waals surface area (Å²) < 4.78 is 6.36. The highest BCUT2D eigenvalue weighted by Gasteiger charge is 2.65. The van der Waals surface area contributed by atoms with E-state index in [0.717, 1.165) is 11.1 Å². The molecule has 0 saturated heterocycles. The fourth-order valence-corrected chi connectivity index (χ4v) is 3.55. The van der Waals surface area contributed by atoms with Gasteiger partial charge < -0.3 is 9.84 Å². The molecular weight excluding hydrogens is 288 g/mol. The average molecular weight is 310 g/mol. The minimum atomic E-state index is -0.808. The maximum absolute atomic E-state index is 12.0. The van der Waals surface area contributed by atoms with Gasteiger partial charge in [-0.1, -0.05) is 67.6 Å². The van der Waals surface area contributed by atoms with Gasteiger partial charge in [-0.05, 0) is 30.4 Å². The first-order chi connectivity index (χ1) is 11.1. The zero-order chi connectivity index (χ0) is 16.3. The summed E-state index contributed by atoms with van der Waals surface area (Å²) in [5.41, 5.74) is 0.425. The molecule has 1 aliphatic rings. The number of carbonyl (C=O) groups is 1. The van der Waals surface area contributed by atoms with Crippen molar-refractivity contribution < 1.29 is 14.6 Å². The molecule has 1 aliphatic carbocycles. The van der Waals surface area contributed by atoms with Crippen LogP contribution < -0.4 is 0 Å². The van der Waals surface area contributed by atoms with Crippen LogP contribution in [0.15, 0.2) is 60.7 Å². The maximum Gasteiger partial charge on any atom is 0.312 e. The highest BCUT2D eigenvalue weighted by Crippen LogP contribution is 2.62. The molecule has 120 valence electrons. The molecule has 3 nitrogen and oxygen atoms in total. The molecule has 0 aromatic heterocycles. The van der Waals surface area contributed by atoms with Gasteiger partial charge in [0.15, 0.2) is 0 Å². The van der Waals surface area contributed by atoms with Crippen LogP contribution in [0.25, 0.3) is 0 Å². The molecule has 0 aliphatic heterocycles. The van der Waals surface area contributed by atoms with Gasteiger partial charge in [-0.15, -0.1) is 0 Å². The Labute approximate surface area is 136 Å². The van der Waals surface area contributed by atoms with Crippen LogP contribution in [-0.2, 0) is 21.7 Å². The summed E-state index contributed by atoms with van der Waals surface area (Å²) in [6, 6.07) is 19.7. The van der Waals surface area contributed by atoms with E-state index in [1.54, 1.807) is 0 Å². The van der Waals surface area contributed by atoms with Gasteiger partial charge in [0.05, 0.1) is 6.61 Å². The zero-order valence-corrected chi connectivity index (χ0v) is 13.4. The molecule has 1 N–H and O–H groups in total. The number of benzene rings is 2. The van der Waals surface area contributed by atoms with Crippen LogP contribution in [0, 0.1) is 5.41 Å². The molecule has 0 radical (unpaired) electrons. The van der Waals surface area contributed by atoms with Gasteiger partial charge in [-0.2, -0.15) is 0 Å². The number of hydrogen-bond acceptors (Lipinski definition) is 2. The minimum absolute atomic E-state index is 0.415. The summed E-state index contributed by atoms with van der Waals surface area (Å²) in [4.78, 5) is 12.0. The quantitative estimate of drug-likeness (QED) is 0.826. The molecule has 0 spiro atoms. The largest absolute Gasteiger partial charge is 0.481 e. The van der Waals surface area contributed by atoms with E-state index < -0.39 is 17.0 Å². The lowest BCUT2D eigenvalue weighted by molar-refractivity contribution is -0.169. The van der Waals surface area contributed by atoms with E-state index in [-0.39, 0.29) is 0 Å². The molecular formula is C20H22O3. The highest BCUT2D eigenvalue weighted by molar-refractivity contribution is 5.80. The third-order valence-corrected chi connectivity index (χ3v) is 5.00.